The van der Waals surface area contributed by atoms with Crippen molar-refractivity contribution in [3.05, 3.63) is 59.9 Å². The van der Waals surface area contributed by atoms with Crippen LogP contribution in [0.4, 0.5) is 11.4 Å². The van der Waals surface area contributed by atoms with Gasteiger partial charge in [-0.05, 0) is 37.3 Å². The van der Waals surface area contributed by atoms with Gasteiger partial charge in [0.05, 0.1) is 5.71 Å². The lowest BCUT2D eigenvalue weighted by Gasteiger charge is -2.12. The summed E-state index contributed by atoms with van der Waals surface area (Å²) in [4.78, 5) is 15.7. The summed E-state index contributed by atoms with van der Waals surface area (Å²) in [5, 5.41) is 27.0. The lowest BCUT2D eigenvalue weighted by molar-refractivity contribution is -0.123. The number of rotatable bonds is 5. The van der Waals surface area contributed by atoms with Crippen molar-refractivity contribution in [1.29, 1.82) is 5.41 Å². The number of benzene rings is 2. The highest BCUT2D eigenvalue weighted by Crippen LogP contribution is 2.24. The predicted octanol–water partition coefficient (Wildman–Crippen LogP) is 1.79. The van der Waals surface area contributed by atoms with Crippen LogP contribution in [0.1, 0.15) is 18.1 Å². The van der Waals surface area contributed by atoms with Gasteiger partial charge < -0.3 is 16.2 Å². The Morgan fingerprint density at radius 3 is 2.81 bits per heavy atom. The van der Waals surface area contributed by atoms with Gasteiger partial charge in [-0.3, -0.25) is 15.3 Å². The SMILES string of the molecule is CC(O)C(=O)Nc1cccc(C(=N)c2cc(-c3ncn[nH]3)ccc2N)c1. The van der Waals surface area contributed by atoms with E-state index in [1.165, 1.54) is 13.3 Å². The Hall–Kier alpha value is -3.52. The van der Waals surface area contributed by atoms with E-state index in [0.717, 1.165) is 5.56 Å². The first-order valence-corrected chi connectivity index (χ1v) is 7.89. The quantitative estimate of drug-likeness (QED) is 0.352. The number of aromatic amines is 1. The molecule has 3 rings (SSSR count). The molecular formula is C18H18N6O2. The molecule has 0 saturated carbocycles. The van der Waals surface area contributed by atoms with E-state index < -0.39 is 12.0 Å². The average Bonchev–Trinajstić information content (AvgIpc) is 3.16. The first kappa shape index (κ1) is 17.3. The molecule has 0 spiro atoms. The fraction of sp³-hybridized carbons (Fsp3) is 0.111. The molecule has 0 saturated heterocycles. The number of aliphatic hydroxyl groups excluding tert-OH is 1. The maximum atomic E-state index is 11.6. The van der Waals surface area contributed by atoms with Crippen molar-refractivity contribution in [2.24, 2.45) is 0 Å². The van der Waals surface area contributed by atoms with Crippen LogP contribution in [0.3, 0.4) is 0 Å². The first-order valence-electron chi connectivity index (χ1n) is 7.89. The molecular weight excluding hydrogens is 332 g/mol. The number of nitrogens with one attached hydrogen (secondary N) is 3. The third kappa shape index (κ3) is 3.60. The van der Waals surface area contributed by atoms with Gasteiger partial charge in [-0.1, -0.05) is 12.1 Å². The minimum Gasteiger partial charge on any atom is -0.398 e. The fourth-order valence-corrected chi connectivity index (χ4v) is 2.42. The Labute approximate surface area is 149 Å². The summed E-state index contributed by atoms with van der Waals surface area (Å²) in [6, 6.07) is 12.1. The summed E-state index contributed by atoms with van der Waals surface area (Å²) in [5.41, 5.74) is 9.08. The van der Waals surface area contributed by atoms with Crippen LogP contribution in [0.5, 0.6) is 0 Å². The van der Waals surface area contributed by atoms with E-state index in [1.807, 2.05) is 0 Å². The zero-order valence-corrected chi connectivity index (χ0v) is 14.0. The second kappa shape index (κ2) is 7.16. The van der Waals surface area contributed by atoms with E-state index in [2.05, 4.69) is 20.5 Å². The minimum atomic E-state index is -1.12. The molecule has 0 aliphatic heterocycles. The van der Waals surface area contributed by atoms with Crippen LogP contribution < -0.4 is 11.1 Å². The van der Waals surface area contributed by atoms with E-state index in [0.29, 0.717) is 28.3 Å². The molecule has 26 heavy (non-hydrogen) atoms. The minimum absolute atomic E-state index is 0.206. The highest BCUT2D eigenvalue weighted by molar-refractivity contribution is 6.14. The van der Waals surface area contributed by atoms with Gasteiger partial charge in [0.2, 0.25) is 0 Å². The van der Waals surface area contributed by atoms with Gasteiger partial charge >= 0.3 is 0 Å². The highest BCUT2D eigenvalue weighted by Gasteiger charge is 2.13. The maximum absolute atomic E-state index is 11.6. The zero-order chi connectivity index (χ0) is 18.7. The Bertz CT molecular complexity index is 950. The van der Waals surface area contributed by atoms with E-state index in [4.69, 9.17) is 11.1 Å². The van der Waals surface area contributed by atoms with Crippen molar-refractivity contribution in [2.75, 3.05) is 11.1 Å². The molecule has 3 aromatic rings. The monoisotopic (exact) mass is 350 g/mol. The largest absolute Gasteiger partial charge is 0.398 e. The molecule has 1 unspecified atom stereocenters. The number of carbonyl (C=O) groups excluding carboxylic acids is 1. The number of nitrogens with two attached hydrogens (primary N) is 1. The number of amides is 1. The second-order valence-corrected chi connectivity index (χ2v) is 5.76. The second-order valence-electron chi connectivity index (χ2n) is 5.76. The van der Waals surface area contributed by atoms with Crippen LogP contribution in [-0.4, -0.2) is 38.0 Å². The van der Waals surface area contributed by atoms with Gasteiger partial charge in [0.1, 0.15) is 12.4 Å². The third-order valence-corrected chi connectivity index (χ3v) is 3.81. The fourth-order valence-electron chi connectivity index (χ4n) is 2.42. The lowest BCUT2D eigenvalue weighted by Crippen LogP contribution is -2.24. The number of carbonyl (C=O) groups is 1. The molecule has 132 valence electrons. The maximum Gasteiger partial charge on any atom is 0.252 e. The Balaban J connectivity index is 1.92. The van der Waals surface area contributed by atoms with Crippen LogP contribution in [0.15, 0.2) is 48.8 Å². The Morgan fingerprint density at radius 1 is 1.31 bits per heavy atom. The molecule has 0 radical (unpaired) electrons. The molecule has 0 aliphatic rings. The average molecular weight is 350 g/mol. The van der Waals surface area contributed by atoms with Gasteiger partial charge in [-0.25, -0.2) is 4.98 Å². The van der Waals surface area contributed by atoms with Gasteiger partial charge in [-0.15, -0.1) is 0 Å². The van der Waals surface area contributed by atoms with Crippen molar-refractivity contribution < 1.29 is 9.90 Å². The Kier molecular flexibility index (Phi) is 4.76. The van der Waals surface area contributed by atoms with Crippen molar-refractivity contribution in [3.63, 3.8) is 0 Å². The predicted molar refractivity (Wildman–Crippen MR) is 98.9 cm³/mol. The number of H-pyrrole nitrogens is 1. The highest BCUT2D eigenvalue weighted by atomic mass is 16.3. The van der Waals surface area contributed by atoms with E-state index in [-0.39, 0.29) is 5.71 Å². The topological polar surface area (TPSA) is 141 Å². The number of anilines is 2. The molecule has 6 N–H and O–H groups in total. The molecule has 1 atom stereocenters. The molecule has 0 fully saturated rings. The number of nitrogen functional groups attached to an aromatic ring is 1. The zero-order valence-electron chi connectivity index (χ0n) is 14.0. The van der Waals surface area contributed by atoms with Crippen molar-refractivity contribution in [3.8, 4) is 11.4 Å². The summed E-state index contributed by atoms with van der Waals surface area (Å²) in [6.45, 7) is 1.39. The summed E-state index contributed by atoms with van der Waals surface area (Å²) in [6.07, 6.45) is 0.290. The van der Waals surface area contributed by atoms with Crippen LogP contribution in [0.2, 0.25) is 0 Å². The molecule has 1 heterocycles. The molecule has 1 amide bonds. The number of hydrogen-bond donors (Lipinski definition) is 5. The van der Waals surface area contributed by atoms with Crippen LogP contribution in [0.25, 0.3) is 11.4 Å². The Morgan fingerprint density at radius 2 is 2.12 bits per heavy atom. The number of nitrogens with zero attached hydrogens (tertiary/aromatic N) is 2. The number of aromatic nitrogens is 3. The van der Waals surface area contributed by atoms with Crippen LogP contribution in [0, 0.1) is 5.41 Å². The standard InChI is InChI=1S/C18H18N6O2/c1-10(25)18(26)23-13-4-2-3-11(7-13)16(20)14-8-12(5-6-15(14)19)17-21-9-22-24-17/h2-10,20,25H,19H2,1H3,(H,23,26)(H,21,22,24). The molecule has 0 aliphatic carbocycles. The molecule has 2 aromatic carbocycles. The number of hydrogen-bond acceptors (Lipinski definition) is 6. The van der Waals surface area contributed by atoms with Crippen LogP contribution in [-0.2, 0) is 4.79 Å². The molecule has 0 bridgehead atoms. The molecule has 8 nitrogen and oxygen atoms in total. The van der Waals surface area contributed by atoms with Crippen molar-refractivity contribution in [1.82, 2.24) is 15.2 Å². The van der Waals surface area contributed by atoms with Gasteiger partial charge in [0.15, 0.2) is 5.82 Å². The first-order chi connectivity index (χ1) is 12.5. The molecule has 8 heteroatoms. The van der Waals surface area contributed by atoms with Gasteiger partial charge in [-0.2, -0.15) is 5.10 Å². The molecule has 1 aromatic heterocycles. The van der Waals surface area contributed by atoms with E-state index >= 15 is 0 Å². The normalized spacial score (nSPS) is 11.8. The lowest BCUT2D eigenvalue weighted by atomic mass is 9.98. The smallest absolute Gasteiger partial charge is 0.252 e. The van der Waals surface area contributed by atoms with Gasteiger partial charge in [0.25, 0.3) is 5.91 Å². The van der Waals surface area contributed by atoms with Gasteiger partial charge in [0, 0.05) is 28.1 Å². The summed E-state index contributed by atoms with van der Waals surface area (Å²) < 4.78 is 0. The third-order valence-electron chi connectivity index (χ3n) is 3.81. The summed E-state index contributed by atoms with van der Waals surface area (Å²) in [7, 11) is 0. The van der Waals surface area contributed by atoms with E-state index in [1.54, 1.807) is 42.5 Å². The van der Waals surface area contributed by atoms with Crippen molar-refractivity contribution >= 4 is 23.0 Å². The summed E-state index contributed by atoms with van der Waals surface area (Å²) in [5.74, 6) is 0.0671. The van der Waals surface area contributed by atoms with Crippen molar-refractivity contribution in [2.45, 2.75) is 13.0 Å². The summed E-state index contributed by atoms with van der Waals surface area (Å²) >= 11 is 0. The number of aliphatic hydroxyl groups is 1. The van der Waals surface area contributed by atoms with E-state index in [9.17, 15) is 9.90 Å². The van der Waals surface area contributed by atoms with Crippen LogP contribution >= 0.6 is 0 Å².